The van der Waals surface area contributed by atoms with Gasteiger partial charge in [0.25, 0.3) is 0 Å². The van der Waals surface area contributed by atoms with E-state index in [1.54, 1.807) is 0 Å². The average Bonchev–Trinajstić information content (AvgIpc) is 1.35. The van der Waals surface area contributed by atoms with Crippen molar-refractivity contribution in [3.8, 4) is 0 Å². The summed E-state index contributed by atoms with van der Waals surface area (Å²) in [5.41, 5.74) is 0. The Morgan fingerprint density at radius 1 is 1.50 bits per heavy atom. The van der Waals surface area contributed by atoms with Gasteiger partial charge in [0.15, 0.2) is 0 Å². The van der Waals surface area contributed by atoms with E-state index in [9.17, 15) is 8.96 Å². The van der Waals surface area contributed by atoms with E-state index in [4.69, 9.17) is 0 Å². The van der Waals surface area contributed by atoms with Crippen LogP contribution in [0.25, 0.3) is 0 Å². The third-order valence-corrected chi connectivity index (χ3v) is 0.218. The Morgan fingerprint density at radius 2 is 2.00 bits per heavy atom. The molecule has 1 nitrogen and oxygen atoms in total. The summed E-state index contributed by atoms with van der Waals surface area (Å²) in [6.45, 7) is 3.58. The Kier molecular flexibility index (Phi) is 2.58. The van der Waals surface area contributed by atoms with Crippen LogP contribution in [0, 0.1) is 6.54 Å². The van der Waals surface area contributed by atoms with Crippen LogP contribution in [0.5, 0.6) is 0 Å². The fourth-order valence-corrected chi connectivity index (χ4v) is 0.0797. The first kappa shape index (κ1) is 5.56. The van der Waals surface area contributed by atoms with E-state index in [1.165, 1.54) is 0 Å². The van der Waals surface area contributed by atoms with Crippen molar-refractivity contribution in [3.05, 3.63) is 19.2 Å². The quantitative estimate of drug-likeness (QED) is 0.465. The van der Waals surface area contributed by atoms with Crippen LogP contribution in [0.15, 0.2) is 12.7 Å². The highest BCUT2D eigenvalue weighted by molar-refractivity contribution is 4.79. The fourth-order valence-electron chi connectivity index (χ4n) is 0.0797. The molecule has 0 atom stereocenters. The van der Waals surface area contributed by atoms with Gasteiger partial charge < -0.3 is 0 Å². The van der Waals surface area contributed by atoms with Crippen molar-refractivity contribution in [2.75, 3.05) is 0 Å². The van der Waals surface area contributed by atoms with Gasteiger partial charge in [0.2, 0.25) is 0 Å². The zero-order valence-electron chi connectivity index (χ0n) is 3.06. The molecular formula is C3H4F2N. The molecule has 0 aromatic carbocycles. The standard InChI is InChI=1S/C3H4F2N/c1-2-3-6(4)5/h2-3H,1H2. The Balaban J connectivity index is 2.81. The third-order valence-electron chi connectivity index (χ3n) is 0.218. The minimum absolute atomic E-state index is 0.556. The van der Waals surface area contributed by atoms with Gasteiger partial charge in [0, 0.05) is 5.34 Å². The summed E-state index contributed by atoms with van der Waals surface area (Å²) in [6.07, 6.45) is 1.00. The van der Waals surface area contributed by atoms with Crippen molar-refractivity contribution < 1.29 is 8.96 Å². The van der Waals surface area contributed by atoms with Crippen LogP contribution in [0.4, 0.5) is 8.96 Å². The largest absolute Gasteiger partial charge is 0.115 e. The van der Waals surface area contributed by atoms with E-state index in [-0.39, 0.29) is 0 Å². The van der Waals surface area contributed by atoms with E-state index in [0.717, 1.165) is 6.08 Å². The van der Waals surface area contributed by atoms with Gasteiger partial charge >= 0.3 is 0 Å². The molecule has 0 aromatic heterocycles. The highest BCUT2D eigenvalue weighted by Gasteiger charge is 1.89. The Labute approximate surface area is 34.7 Å². The molecule has 6 heavy (non-hydrogen) atoms. The number of halogens is 2. The molecule has 0 aliphatic rings. The van der Waals surface area contributed by atoms with Gasteiger partial charge in [-0.1, -0.05) is 6.08 Å². The van der Waals surface area contributed by atoms with Crippen LogP contribution in [0.2, 0.25) is 0 Å². The molecule has 0 saturated heterocycles. The first-order valence-corrected chi connectivity index (χ1v) is 1.34. The van der Waals surface area contributed by atoms with E-state index in [2.05, 4.69) is 6.58 Å². The summed E-state index contributed by atoms with van der Waals surface area (Å²) < 4.78 is 21.5. The first-order chi connectivity index (χ1) is 2.77. The number of nitrogens with zero attached hydrogens (tertiary/aromatic N) is 1. The molecule has 0 N–H and O–H groups in total. The normalized spacial score (nSPS) is 9.17. The summed E-state index contributed by atoms with van der Waals surface area (Å²) >= 11 is 0. The van der Waals surface area contributed by atoms with Gasteiger partial charge in [-0.2, -0.15) is 0 Å². The third kappa shape index (κ3) is 3.56. The molecule has 0 amide bonds. The molecule has 3 heteroatoms. The maximum Gasteiger partial charge on any atom is 0.115 e. The summed E-state index contributed by atoms with van der Waals surface area (Å²) in [4.78, 5) is 0. The molecule has 35 valence electrons. The van der Waals surface area contributed by atoms with Crippen molar-refractivity contribution in [2.24, 2.45) is 0 Å². The lowest BCUT2D eigenvalue weighted by Crippen LogP contribution is -1.89. The van der Waals surface area contributed by atoms with Gasteiger partial charge in [-0.05, 0) is 0 Å². The van der Waals surface area contributed by atoms with Crippen LogP contribution >= 0.6 is 0 Å². The number of hydrogen-bond donors (Lipinski definition) is 0. The van der Waals surface area contributed by atoms with Crippen LogP contribution < -0.4 is 0 Å². The lowest BCUT2D eigenvalue weighted by Gasteiger charge is -1.86. The zero-order chi connectivity index (χ0) is 4.99. The van der Waals surface area contributed by atoms with Crippen LogP contribution in [0.1, 0.15) is 0 Å². The highest BCUT2D eigenvalue weighted by atomic mass is 19.4. The lowest BCUT2D eigenvalue weighted by atomic mass is 10.7. The van der Waals surface area contributed by atoms with Crippen molar-refractivity contribution in [3.63, 3.8) is 0 Å². The predicted molar refractivity (Wildman–Crippen MR) is 18.6 cm³/mol. The Bertz CT molecular complexity index is 44.1. The zero-order valence-corrected chi connectivity index (χ0v) is 3.06. The molecular weight excluding hydrogens is 88.0 g/mol. The molecule has 0 aromatic rings. The molecule has 0 fully saturated rings. The first-order valence-electron chi connectivity index (χ1n) is 1.34. The number of hydrogen-bond acceptors (Lipinski definition) is 1. The van der Waals surface area contributed by atoms with Gasteiger partial charge in [0.05, 0.1) is 0 Å². The van der Waals surface area contributed by atoms with Crippen molar-refractivity contribution in [2.45, 2.75) is 0 Å². The smallest absolute Gasteiger partial charge is 0.101 e. The molecule has 0 aliphatic heterocycles. The van der Waals surface area contributed by atoms with E-state index < -0.39 is 5.34 Å². The molecule has 1 radical (unpaired) electrons. The fraction of sp³-hybridized carbons (Fsp3) is 0. The SMILES string of the molecule is C=C[CH]N(F)F. The maximum absolute atomic E-state index is 10.7. The predicted octanol–water partition coefficient (Wildman–Crippen LogP) is 1.41. The minimum Gasteiger partial charge on any atom is -0.101 e. The second-order valence-corrected chi connectivity index (χ2v) is 0.644. The number of rotatable bonds is 2. The second-order valence-electron chi connectivity index (χ2n) is 0.644. The van der Waals surface area contributed by atoms with E-state index in [1.807, 2.05) is 0 Å². The van der Waals surface area contributed by atoms with Crippen molar-refractivity contribution >= 4 is 0 Å². The second kappa shape index (κ2) is 2.78. The summed E-state index contributed by atoms with van der Waals surface area (Å²) in [5, 5.41) is -1.06. The molecule has 0 spiro atoms. The molecule has 0 aliphatic carbocycles. The molecule has 0 rings (SSSR count). The molecule has 0 saturated carbocycles. The van der Waals surface area contributed by atoms with E-state index >= 15 is 0 Å². The monoisotopic (exact) mass is 92.0 g/mol. The van der Waals surface area contributed by atoms with Crippen LogP contribution in [-0.4, -0.2) is 5.34 Å². The summed E-state index contributed by atoms with van der Waals surface area (Å²) in [7, 11) is 0. The van der Waals surface area contributed by atoms with Gasteiger partial charge in [-0.25, -0.2) is 0 Å². The highest BCUT2D eigenvalue weighted by Crippen LogP contribution is 1.91. The molecule has 0 bridgehead atoms. The minimum atomic E-state index is -1.06. The van der Waals surface area contributed by atoms with Gasteiger partial charge in [-0.3, -0.25) is 0 Å². The van der Waals surface area contributed by atoms with Gasteiger partial charge in [0.1, 0.15) is 6.54 Å². The molecule has 0 heterocycles. The Morgan fingerprint density at radius 3 is 2.00 bits per heavy atom. The van der Waals surface area contributed by atoms with Crippen molar-refractivity contribution in [1.82, 2.24) is 5.34 Å². The van der Waals surface area contributed by atoms with E-state index in [0.29, 0.717) is 6.54 Å². The van der Waals surface area contributed by atoms with Crippen LogP contribution in [-0.2, 0) is 0 Å². The topological polar surface area (TPSA) is 3.24 Å². The summed E-state index contributed by atoms with van der Waals surface area (Å²) in [6, 6.07) is 0. The average molecular weight is 92.1 g/mol. The van der Waals surface area contributed by atoms with Crippen molar-refractivity contribution in [1.29, 1.82) is 0 Å². The lowest BCUT2D eigenvalue weighted by molar-refractivity contribution is -0.117. The van der Waals surface area contributed by atoms with Crippen LogP contribution in [0.3, 0.4) is 0 Å². The maximum atomic E-state index is 10.7. The Hall–Kier alpha value is -0.440. The van der Waals surface area contributed by atoms with Gasteiger partial charge in [-0.15, -0.1) is 15.5 Å². The molecule has 0 unspecified atom stereocenters. The summed E-state index contributed by atoms with van der Waals surface area (Å²) in [5.74, 6) is 0.